The van der Waals surface area contributed by atoms with Crippen molar-refractivity contribution in [2.24, 2.45) is 5.92 Å². The quantitative estimate of drug-likeness (QED) is 0.737. The Labute approximate surface area is 114 Å². The van der Waals surface area contributed by atoms with E-state index in [1.165, 1.54) is 24.3 Å². The van der Waals surface area contributed by atoms with Gasteiger partial charge in [-0.15, -0.1) is 0 Å². The van der Waals surface area contributed by atoms with Crippen LogP contribution in [-0.4, -0.2) is 23.0 Å². The Kier molecular flexibility index (Phi) is 5.00. The highest BCUT2D eigenvalue weighted by atomic mass is 16.7. The van der Waals surface area contributed by atoms with Crippen molar-refractivity contribution in [3.8, 4) is 0 Å². The first kappa shape index (κ1) is 14.1. The minimum Gasteiger partial charge on any atom is -0.338 e. The molecule has 0 radical (unpaired) electrons. The molecular formula is C15H23NO3. The van der Waals surface area contributed by atoms with Crippen LogP contribution < -0.4 is 0 Å². The molecule has 2 atom stereocenters. The van der Waals surface area contributed by atoms with Gasteiger partial charge in [-0.25, -0.2) is 4.79 Å². The molecule has 1 amide bonds. The second-order valence-electron chi connectivity index (χ2n) is 5.60. The van der Waals surface area contributed by atoms with E-state index in [0.717, 1.165) is 19.3 Å². The summed E-state index contributed by atoms with van der Waals surface area (Å²) in [4.78, 5) is 28.7. The molecule has 2 rings (SSSR count). The topological polar surface area (TPSA) is 46.6 Å². The van der Waals surface area contributed by atoms with Crippen LogP contribution in [0.15, 0.2) is 12.2 Å². The molecule has 4 heteroatoms. The van der Waals surface area contributed by atoms with Crippen LogP contribution >= 0.6 is 0 Å². The number of allylic oxidation sites excluding steroid dienone is 2. The minimum atomic E-state index is -0.280. The maximum Gasteiger partial charge on any atom is 0.333 e. The van der Waals surface area contributed by atoms with Gasteiger partial charge >= 0.3 is 5.97 Å². The highest BCUT2D eigenvalue weighted by Gasteiger charge is 2.31. The maximum atomic E-state index is 11.9. The number of amides is 1. The number of hydrogen-bond donors (Lipinski definition) is 0. The summed E-state index contributed by atoms with van der Waals surface area (Å²) in [5.41, 5.74) is 0. The fraction of sp³-hybridized carbons (Fsp3) is 0.733. The number of nitrogens with zero attached hydrogens (tertiary/aromatic N) is 1. The summed E-state index contributed by atoms with van der Waals surface area (Å²) in [6.45, 7) is 1.91. The average Bonchev–Trinajstić information content (AvgIpc) is 2.64. The number of carbonyl (C=O) groups is 2. The van der Waals surface area contributed by atoms with Crippen LogP contribution in [0.3, 0.4) is 0 Å². The molecule has 0 spiro atoms. The third-order valence-corrected chi connectivity index (χ3v) is 3.91. The molecule has 1 fully saturated rings. The van der Waals surface area contributed by atoms with E-state index in [9.17, 15) is 9.59 Å². The van der Waals surface area contributed by atoms with E-state index in [1.807, 2.05) is 6.92 Å². The van der Waals surface area contributed by atoms with Gasteiger partial charge in [0.1, 0.15) is 0 Å². The van der Waals surface area contributed by atoms with Crippen molar-refractivity contribution in [2.45, 2.75) is 64.3 Å². The number of hydrogen-bond acceptors (Lipinski definition) is 3. The normalized spacial score (nSPS) is 28.1. The Balaban J connectivity index is 1.83. The van der Waals surface area contributed by atoms with Gasteiger partial charge < -0.3 is 4.84 Å². The van der Waals surface area contributed by atoms with Gasteiger partial charge in [0.25, 0.3) is 5.91 Å². The zero-order valence-electron chi connectivity index (χ0n) is 11.6. The van der Waals surface area contributed by atoms with E-state index in [4.69, 9.17) is 4.84 Å². The third-order valence-electron chi connectivity index (χ3n) is 3.91. The summed E-state index contributed by atoms with van der Waals surface area (Å²) in [6, 6.07) is 0.0179. The standard InChI is InChI=1S/C15H23NO3/c1-12-9-10-14(17)16(12)19-15(18)11-13-7-5-3-2-4-6-8-13/h5,7,12-13H,2-4,6,8-11H2,1H3/t12?,13-/m1/s1. The van der Waals surface area contributed by atoms with E-state index in [2.05, 4.69) is 12.2 Å². The molecule has 19 heavy (non-hydrogen) atoms. The fourth-order valence-electron chi connectivity index (χ4n) is 2.71. The highest BCUT2D eigenvalue weighted by molar-refractivity contribution is 5.80. The van der Waals surface area contributed by atoms with Crippen LogP contribution in [0.25, 0.3) is 0 Å². The maximum absolute atomic E-state index is 11.9. The summed E-state index contributed by atoms with van der Waals surface area (Å²) >= 11 is 0. The Morgan fingerprint density at radius 2 is 2.21 bits per heavy atom. The Bertz CT molecular complexity index is 364. The summed E-state index contributed by atoms with van der Waals surface area (Å²) in [6.07, 6.45) is 11.7. The monoisotopic (exact) mass is 265 g/mol. The van der Waals surface area contributed by atoms with Crippen molar-refractivity contribution in [3.63, 3.8) is 0 Å². The minimum absolute atomic E-state index is 0.0179. The molecule has 1 aliphatic carbocycles. The van der Waals surface area contributed by atoms with Crippen molar-refractivity contribution in [1.82, 2.24) is 5.06 Å². The van der Waals surface area contributed by atoms with Gasteiger partial charge in [-0.05, 0) is 38.5 Å². The van der Waals surface area contributed by atoms with Crippen molar-refractivity contribution in [3.05, 3.63) is 12.2 Å². The second kappa shape index (κ2) is 6.73. The first-order chi connectivity index (χ1) is 9.16. The molecule has 4 nitrogen and oxygen atoms in total. The lowest BCUT2D eigenvalue weighted by Gasteiger charge is -2.21. The van der Waals surface area contributed by atoms with Crippen LogP contribution in [-0.2, 0) is 14.4 Å². The first-order valence-corrected chi connectivity index (χ1v) is 7.36. The SMILES string of the molecule is CC1CCC(=O)N1OC(=O)C[C@@H]1C=CCCCCC1. The zero-order valence-corrected chi connectivity index (χ0v) is 11.6. The molecule has 0 aromatic rings. The Morgan fingerprint density at radius 1 is 1.37 bits per heavy atom. The predicted molar refractivity (Wildman–Crippen MR) is 72.0 cm³/mol. The largest absolute Gasteiger partial charge is 0.338 e. The van der Waals surface area contributed by atoms with Gasteiger partial charge in [0, 0.05) is 6.42 Å². The van der Waals surface area contributed by atoms with Gasteiger partial charge in [0.2, 0.25) is 0 Å². The van der Waals surface area contributed by atoms with E-state index >= 15 is 0 Å². The molecule has 0 aromatic carbocycles. The van der Waals surface area contributed by atoms with Crippen LogP contribution in [0.1, 0.15) is 58.3 Å². The van der Waals surface area contributed by atoms with Gasteiger partial charge in [-0.2, -0.15) is 5.06 Å². The fourth-order valence-corrected chi connectivity index (χ4v) is 2.71. The summed E-state index contributed by atoms with van der Waals surface area (Å²) < 4.78 is 0. The van der Waals surface area contributed by atoms with Gasteiger partial charge in [0.05, 0.1) is 12.5 Å². The van der Waals surface area contributed by atoms with E-state index in [1.54, 1.807) is 0 Å². The van der Waals surface area contributed by atoms with Crippen LogP contribution in [0.4, 0.5) is 0 Å². The molecule has 0 bridgehead atoms. The van der Waals surface area contributed by atoms with Gasteiger partial charge in [-0.1, -0.05) is 25.0 Å². The van der Waals surface area contributed by atoms with Crippen LogP contribution in [0.2, 0.25) is 0 Å². The van der Waals surface area contributed by atoms with Gasteiger partial charge in [0.15, 0.2) is 0 Å². The van der Waals surface area contributed by atoms with E-state index in [0.29, 0.717) is 12.8 Å². The van der Waals surface area contributed by atoms with Crippen LogP contribution in [0, 0.1) is 5.92 Å². The summed E-state index contributed by atoms with van der Waals surface area (Å²) in [7, 11) is 0. The molecule has 0 saturated carbocycles. The molecule has 1 unspecified atom stereocenters. The number of rotatable bonds is 3. The van der Waals surface area contributed by atoms with Crippen LogP contribution in [0.5, 0.6) is 0 Å². The average molecular weight is 265 g/mol. The zero-order chi connectivity index (χ0) is 13.7. The highest BCUT2D eigenvalue weighted by Crippen LogP contribution is 2.22. The van der Waals surface area contributed by atoms with Crippen molar-refractivity contribution in [2.75, 3.05) is 0 Å². The Morgan fingerprint density at radius 3 is 2.95 bits per heavy atom. The van der Waals surface area contributed by atoms with Crippen molar-refractivity contribution in [1.29, 1.82) is 0 Å². The van der Waals surface area contributed by atoms with E-state index in [-0.39, 0.29) is 23.8 Å². The molecule has 1 aliphatic heterocycles. The van der Waals surface area contributed by atoms with Gasteiger partial charge in [-0.3, -0.25) is 4.79 Å². The first-order valence-electron chi connectivity index (χ1n) is 7.36. The summed E-state index contributed by atoms with van der Waals surface area (Å²) in [5, 5.41) is 1.26. The molecule has 106 valence electrons. The molecule has 0 N–H and O–H groups in total. The molecule has 1 saturated heterocycles. The lowest BCUT2D eigenvalue weighted by atomic mass is 9.94. The Hall–Kier alpha value is -1.32. The van der Waals surface area contributed by atoms with E-state index < -0.39 is 0 Å². The molecular weight excluding hydrogens is 242 g/mol. The van der Waals surface area contributed by atoms with Crippen molar-refractivity contribution < 1.29 is 14.4 Å². The predicted octanol–water partition coefficient (Wildman–Crippen LogP) is 2.98. The van der Waals surface area contributed by atoms with Crippen molar-refractivity contribution >= 4 is 11.9 Å². The molecule has 2 aliphatic rings. The lowest BCUT2D eigenvalue weighted by molar-refractivity contribution is -0.200. The molecule has 1 heterocycles. The molecule has 0 aromatic heterocycles. The number of carbonyl (C=O) groups excluding carboxylic acids is 2. The smallest absolute Gasteiger partial charge is 0.333 e. The lowest BCUT2D eigenvalue weighted by Crippen LogP contribution is -2.34. The summed E-state index contributed by atoms with van der Waals surface area (Å²) in [5.74, 6) is -0.0906. The third kappa shape index (κ3) is 4.08. The second-order valence-corrected chi connectivity index (χ2v) is 5.60. The number of hydroxylamine groups is 2.